The Hall–Kier alpha value is -1.32. The van der Waals surface area contributed by atoms with E-state index in [1.165, 1.54) is 0 Å². The maximum absolute atomic E-state index is 10.7. The van der Waals surface area contributed by atoms with Crippen LogP contribution in [0.2, 0.25) is 0 Å². The molecule has 0 fully saturated rings. The number of aromatic nitrogens is 2. The first-order valence-electron chi connectivity index (χ1n) is 3.87. The van der Waals surface area contributed by atoms with Crippen molar-refractivity contribution in [3.05, 3.63) is 18.0 Å². The van der Waals surface area contributed by atoms with Gasteiger partial charge < -0.3 is 5.11 Å². The Balaban J connectivity index is 2.94. The summed E-state index contributed by atoms with van der Waals surface area (Å²) in [5.74, 6) is -1.22. The van der Waals surface area contributed by atoms with Crippen LogP contribution in [0.25, 0.3) is 0 Å². The van der Waals surface area contributed by atoms with Gasteiger partial charge in [-0.05, 0) is 12.5 Å². The molecule has 0 saturated heterocycles. The van der Waals surface area contributed by atoms with Gasteiger partial charge >= 0.3 is 5.97 Å². The summed E-state index contributed by atoms with van der Waals surface area (Å²) in [5, 5.41) is 12.7. The van der Waals surface area contributed by atoms with E-state index >= 15 is 0 Å². The molecule has 1 aromatic rings. The number of aliphatic carboxylic acids is 1. The summed E-state index contributed by atoms with van der Waals surface area (Å²) in [7, 11) is 1.75. The summed E-state index contributed by atoms with van der Waals surface area (Å²) in [6.45, 7) is 1.85. The van der Waals surface area contributed by atoms with Crippen LogP contribution >= 0.6 is 0 Å². The Labute approximate surface area is 70.8 Å². The minimum atomic E-state index is -0.791. The largest absolute Gasteiger partial charge is 0.481 e. The Morgan fingerprint density at radius 3 is 2.83 bits per heavy atom. The smallest absolute Gasteiger partial charge is 0.312 e. The fraction of sp³-hybridized carbons (Fsp3) is 0.500. The zero-order valence-electron chi connectivity index (χ0n) is 7.19. The average molecular weight is 168 g/mol. The SMILES string of the molecule is CCC(C(=O)O)c1ccnn1C. The first-order valence-corrected chi connectivity index (χ1v) is 3.87. The van der Waals surface area contributed by atoms with Crippen molar-refractivity contribution in [2.45, 2.75) is 19.3 Å². The van der Waals surface area contributed by atoms with E-state index < -0.39 is 11.9 Å². The number of aryl methyl sites for hydroxylation is 1. The molecule has 1 heterocycles. The van der Waals surface area contributed by atoms with Gasteiger partial charge in [0.15, 0.2) is 0 Å². The van der Waals surface area contributed by atoms with Gasteiger partial charge in [0.05, 0.1) is 11.6 Å². The molecule has 0 aliphatic rings. The average Bonchev–Trinajstić information content (AvgIpc) is 2.38. The van der Waals surface area contributed by atoms with Gasteiger partial charge in [-0.15, -0.1) is 0 Å². The highest BCUT2D eigenvalue weighted by molar-refractivity contribution is 5.75. The Kier molecular flexibility index (Phi) is 2.47. The highest BCUT2D eigenvalue weighted by atomic mass is 16.4. The molecule has 1 N–H and O–H groups in total. The molecule has 12 heavy (non-hydrogen) atoms. The standard InChI is InChI=1S/C8H12N2O2/c1-3-6(8(11)12)7-4-5-9-10(7)2/h4-6H,3H2,1-2H3,(H,11,12). The van der Waals surface area contributed by atoms with Crippen LogP contribution in [-0.2, 0) is 11.8 Å². The predicted octanol–water partition coefficient (Wildman–Crippen LogP) is 0.998. The molecule has 0 aliphatic carbocycles. The van der Waals surface area contributed by atoms with E-state index in [2.05, 4.69) is 5.10 Å². The molecule has 4 nitrogen and oxygen atoms in total. The van der Waals surface area contributed by atoms with Gasteiger partial charge in [-0.2, -0.15) is 5.10 Å². The molecule has 1 atom stereocenters. The van der Waals surface area contributed by atoms with Crippen LogP contribution in [0.3, 0.4) is 0 Å². The van der Waals surface area contributed by atoms with Crippen LogP contribution in [-0.4, -0.2) is 20.9 Å². The second kappa shape index (κ2) is 3.38. The molecule has 0 spiro atoms. The molecule has 1 rings (SSSR count). The zero-order valence-corrected chi connectivity index (χ0v) is 7.19. The second-order valence-corrected chi connectivity index (χ2v) is 2.68. The Morgan fingerprint density at radius 2 is 2.50 bits per heavy atom. The van der Waals surface area contributed by atoms with Crippen LogP contribution in [0.15, 0.2) is 12.3 Å². The monoisotopic (exact) mass is 168 g/mol. The van der Waals surface area contributed by atoms with Gasteiger partial charge in [0.25, 0.3) is 0 Å². The lowest BCUT2D eigenvalue weighted by molar-refractivity contribution is -0.139. The minimum Gasteiger partial charge on any atom is -0.481 e. The van der Waals surface area contributed by atoms with Crippen molar-refractivity contribution < 1.29 is 9.90 Å². The minimum absolute atomic E-state index is 0.433. The van der Waals surface area contributed by atoms with E-state index in [1.54, 1.807) is 24.0 Å². The van der Waals surface area contributed by atoms with Gasteiger partial charge in [-0.1, -0.05) is 6.92 Å². The van der Waals surface area contributed by atoms with E-state index in [0.29, 0.717) is 6.42 Å². The molecule has 0 aromatic carbocycles. The van der Waals surface area contributed by atoms with Crippen molar-refractivity contribution in [2.24, 2.45) is 7.05 Å². The first-order chi connectivity index (χ1) is 5.66. The maximum Gasteiger partial charge on any atom is 0.312 e. The third-order valence-electron chi connectivity index (χ3n) is 1.92. The molecule has 1 unspecified atom stereocenters. The lowest BCUT2D eigenvalue weighted by Gasteiger charge is -2.08. The van der Waals surface area contributed by atoms with Gasteiger partial charge in [0.2, 0.25) is 0 Å². The van der Waals surface area contributed by atoms with E-state index in [4.69, 9.17) is 5.11 Å². The summed E-state index contributed by atoms with van der Waals surface area (Å²) in [5.41, 5.74) is 0.755. The molecular weight excluding hydrogens is 156 g/mol. The number of carbonyl (C=O) groups is 1. The molecule has 4 heteroatoms. The third-order valence-corrected chi connectivity index (χ3v) is 1.92. The van der Waals surface area contributed by atoms with E-state index in [9.17, 15) is 4.79 Å². The molecule has 0 amide bonds. The number of nitrogens with zero attached hydrogens (tertiary/aromatic N) is 2. The van der Waals surface area contributed by atoms with Crippen molar-refractivity contribution in [2.75, 3.05) is 0 Å². The highest BCUT2D eigenvalue weighted by Gasteiger charge is 2.19. The zero-order chi connectivity index (χ0) is 9.14. The maximum atomic E-state index is 10.7. The predicted molar refractivity (Wildman–Crippen MR) is 43.9 cm³/mol. The molecule has 0 aliphatic heterocycles. The number of carboxylic acids is 1. The van der Waals surface area contributed by atoms with Gasteiger partial charge in [0, 0.05) is 13.2 Å². The van der Waals surface area contributed by atoms with Crippen molar-refractivity contribution in [1.82, 2.24) is 9.78 Å². The second-order valence-electron chi connectivity index (χ2n) is 2.68. The highest BCUT2D eigenvalue weighted by Crippen LogP contribution is 2.17. The Bertz CT molecular complexity index is 280. The van der Waals surface area contributed by atoms with E-state index in [0.717, 1.165) is 5.69 Å². The first kappa shape index (κ1) is 8.77. The van der Waals surface area contributed by atoms with Gasteiger partial charge in [-0.25, -0.2) is 0 Å². The Morgan fingerprint density at radius 1 is 1.83 bits per heavy atom. The van der Waals surface area contributed by atoms with Crippen LogP contribution in [0, 0.1) is 0 Å². The molecule has 0 bridgehead atoms. The fourth-order valence-corrected chi connectivity index (χ4v) is 1.24. The number of rotatable bonds is 3. The van der Waals surface area contributed by atoms with Crippen LogP contribution in [0.5, 0.6) is 0 Å². The molecule has 0 saturated carbocycles. The van der Waals surface area contributed by atoms with Gasteiger partial charge in [0.1, 0.15) is 0 Å². The van der Waals surface area contributed by atoms with Crippen molar-refractivity contribution in [3.8, 4) is 0 Å². The quantitative estimate of drug-likeness (QED) is 0.732. The number of hydrogen-bond donors (Lipinski definition) is 1. The normalized spacial score (nSPS) is 12.8. The summed E-state index contributed by atoms with van der Waals surface area (Å²) < 4.78 is 1.60. The van der Waals surface area contributed by atoms with Crippen molar-refractivity contribution >= 4 is 5.97 Å². The van der Waals surface area contributed by atoms with Crippen LogP contribution in [0.4, 0.5) is 0 Å². The van der Waals surface area contributed by atoms with Crippen molar-refractivity contribution in [1.29, 1.82) is 0 Å². The van der Waals surface area contributed by atoms with Crippen LogP contribution in [0.1, 0.15) is 25.0 Å². The molecule has 1 aromatic heterocycles. The lowest BCUT2D eigenvalue weighted by Crippen LogP contribution is -2.14. The number of carboxylic acid groups (broad SMARTS) is 1. The number of hydrogen-bond acceptors (Lipinski definition) is 2. The third kappa shape index (κ3) is 1.47. The summed E-state index contributed by atoms with van der Waals surface area (Å²) >= 11 is 0. The molecule has 66 valence electrons. The molecule has 0 radical (unpaired) electrons. The van der Waals surface area contributed by atoms with Crippen molar-refractivity contribution in [3.63, 3.8) is 0 Å². The van der Waals surface area contributed by atoms with Crippen LogP contribution < -0.4 is 0 Å². The van der Waals surface area contributed by atoms with E-state index in [-0.39, 0.29) is 0 Å². The van der Waals surface area contributed by atoms with Gasteiger partial charge in [-0.3, -0.25) is 9.48 Å². The van der Waals surface area contributed by atoms with E-state index in [1.807, 2.05) is 6.92 Å². The summed E-state index contributed by atoms with van der Waals surface area (Å²) in [4.78, 5) is 10.7. The topological polar surface area (TPSA) is 55.1 Å². The fourth-order valence-electron chi connectivity index (χ4n) is 1.24. The summed E-state index contributed by atoms with van der Waals surface area (Å²) in [6, 6.07) is 1.74. The molecular formula is C8H12N2O2. The summed E-state index contributed by atoms with van der Waals surface area (Å²) in [6.07, 6.45) is 2.20. The lowest BCUT2D eigenvalue weighted by atomic mass is 10.0.